The van der Waals surface area contributed by atoms with Gasteiger partial charge >= 0.3 is 0 Å². The molecule has 3 N–H and O–H groups in total. The Balaban J connectivity index is 2.53. The Morgan fingerprint density at radius 2 is 2.15 bits per heavy atom. The first kappa shape index (κ1) is 17.1. The summed E-state index contributed by atoms with van der Waals surface area (Å²) in [4.78, 5) is 11.9. The molecule has 0 aliphatic heterocycles. The van der Waals surface area contributed by atoms with Crippen LogP contribution in [0, 0.1) is 0 Å². The molecule has 1 rings (SSSR count). The molecule has 0 spiro atoms. The predicted octanol–water partition coefficient (Wildman–Crippen LogP) is 2.03. The van der Waals surface area contributed by atoms with E-state index in [2.05, 4.69) is 5.32 Å². The third-order valence-corrected chi connectivity index (χ3v) is 5.11. The van der Waals surface area contributed by atoms with E-state index in [9.17, 15) is 13.2 Å². The summed E-state index contributed by atoms with van der Waals surface area (Å²) < 4.78 is 22.0. The summed E-state index contributed by atoms with van der Waals surface area (Å²) in [5.74, 6) is 0.205. The van der Waals surface area contributed by atoms with Gasteiger partial charge in [-0.3, -0.25) is 4.79 Å². The van der Waals surface area contributed by atoms with E-state index in [1.807, 2.05) is 0 Å². The fraction of sp³-hybridized carbons (Fsp3) is 0.417. The van der Waals surface area contributed by atoms with Crippen LogP contribution in [0.1, 0.15) is 6.92 Å². The van der Waals surface area contributed by atoms with Gasteiger partial charge in [-0.25, -0.2) is 8.42 Å². The lowest BCUT2D eigenvalue weighted by molar-refractivity contribution is -0.115. The number of rotatable bonds is 6. The molecular weight excluding hydrogens is 320 g/mol. The SMILES string of the molecule is CC(SCCS(C)(=O)=O)C(=O)Nc1ccc(N)cc1Cl. The van der Waals surface area contributed by atoms with Gasteiger partial charge < -0.3 is 11.1 Å². The van der Waals surface area contributed by atoms with Gasteiger partial charge in [-0.15, -0.1) is 11.8 Å². The van der Waals surface area contributed by atoms with E-state index in [1.165, 1.54) is 18.0 Å². The molecule has 1 aromatic rings. The number of carbonyl (C=O) groups excluding carboxylic acids is 1. The van der Waals surface area contributed by atoms with Crippen molar-refractivity contribution < 1.29 is 13.2 Å². The molecule has 0 radical (unpaired) electrons. The van der Waals surface area contributed by atoms with E-state index in [0.717, 1.165) is 0 Å². The second kappa shape index (κ2) is 7.19. The number of hydrogen-bond acceptors (Lipinski definition) is 5. The van der Waals surface area contributed by atoms with Gasteiger partial charge in [0.1, 0.15) is 9.84 Å². The lowest BCUT2D eigenvalue weighted by atomic mass is 10.2. The van der Waals surface area contributed by atoms with Crippen LogP contribution in [0.4, 0.5) is 11.4 Å². The maximum Gasteiger partial charge on any atom is 0.237 e. The van der Waals surface area contributed by atoms with Crippen molar-refractivity contribution in [2.75, 3.05) is 28.8 Å². The lowest BCUT2D eigenvalue weighted by Crippen LogP contribution is -2.23. The molecule has 1 amide bonds. The second-order valence-electron chi connectivity index (χ2n) is 4.37. The average Bonchev–Trinajstić information content (AvgIpc) is 2.30. The maximum absolute atomic E-state index is 11.9. The van der Waals surface area contributed by atoms with Gasteiger partial charge in [-0.2, -0.15) is 0 Å². The zero-order valence-electron chi connectivity index (χ0n) is 11.2. The largest absolute Gasteiger partial charge is 0.399 e. The standard InChI is InChI=1S/C12H17ClN2O3S2/c1-8(19-5-6-20(2,17)18)12(16)15-11-4-3-9(14)7-10(11)13/h3-4,7-8H,5-6,14H2,1-2H3,(H,15,16). The number of thioether (sulfide) groups is 1. The van der Waals surface area contributed by atoms with Crippen molar-refractivity contribution in [3.8, 4) is 0 Å². The lowest BCUT2D eigenvalue weighted by Gasteiger charge is -2.13. The molecule has 0 saturated heterocycles. The van der Waals surface area contributed by atoms with Crippen molar-refractivity contribution in [1.29, 1.82) is 0 Å². The van der Waals surface area contributed by atoms with E-state index >= 15 is 0 Å². The van der Waals surface area contributed by atoms with E-state index in [0.29, 0.717) is 22.2 Å². The van der Waals surface area contributed by atoms with Gasteiger partial charge in [0.2, 0.25) is 5.91 Å². The first-order valence-corrected chi connectivity index (χ1v) is 9.33. The highest BCUT2D eigenvalue weighted by Gasteiger charge is 2.15. The van der Waals surface area contributed by atoms with E-state index in [1.54, 1.807) is 25.1 Å². The van der Waals surface area contributed by atoms with Crippen LogP contribution in [-0.4, -0.2) is 37.3 Å². The van der Waals surface area contributed by atoms with Gasteiger partial charge in [-0.1, -0.05) is 11.6 Å². The monoisotopic (exact) mass is 336 g/mol. The van der Waals surface area contributed by atoms with Crippen LogP contribution in [-0.2, 0) is 14.6 Å². The number of nitrogens with one attached hydrogen (secondary N) is 1. The normalized spacial score (nSPS) is 12.9. The molecule has 0 aliphatic carbocycles. The smallest absolute Gasteiger partial charge is 0.237 e. The number of benzene rings is 1. The third-order valence-electron chi connectivity index (χ3n) is 2.44. The fourth-order valence-electron chi connectivity index (χ4n) is 1.32. The number of halogens is 1. The van der Waals surface area contributed by atoms with Gasteiger partial charge in [0.25, 0.3) is 0 Å². The molecule has 0 aromatic heterocycles. The molecule has 0 saturated carbocycles. The van der Waals surface area contributed by atoms with Crippen LogP contribution < -0.4 is 11.1 Å². The Kier molecular flexibility index (Phi) is 6.16. The van der Waals surface area contributed by atoms with Crippen LogP contribution in [0.2, 0.25) is 5.02 Å². The molecular formula is C12H17ClN2O3S2. The Morgan fingerprint density at radius 3 is 2.70 bits per heavy atom. The van der Waals surface area contributed by atoms with Crippen molar-refractivity contribution in [2.24, 2.45) is 0 Å². The Morgan fingerprint density at radius 1 is 1.50 bits per heavy atom. The van der Waals surface area contributed by atoms with Crippen LogP contribution in [0.5, 0.6) is 0 Å². The molecule has 0 bridgehead atoms. The first-order chi connectivity index (χ1) is 9.19. The summed E-state index contributed by atoms with van der Waals surface area (Å²) in [5.41, 5.74) is 6.57. The Bertz CT molecular complexity index is 590. The van der Waals surface area contributed by atoms with Crippen molar-refractivity contribution in [3.05, 3.63) is 23.2 Å². The minimum absolute atomic E-state index is 0.0535. The zero-order valence-corrected chi connectivity index (χ0v) is 13.6. The number of carbonyl (C=O) groups is 1. The molecule has 20 heavy (non-hydrogen) atoms. The predicted molar refractivity (Wildman–Crippen MR) is 86.1 cm³/mol. The van der Waals surface area contributed by atoms with Gasteiger partial charge in [0.05, 0.1) is 21.7 Å². The molecule has 1 unspecified atom stereocenters. The topological polar surface area (TPSA) is 89.3 Å². The average molecular weight is 337 g/mol. The van der Waals surface area contributed by atoms with Crippen LogP contribution in [0.25, 0.3) is 0 Å². The number of hydrogen-bond donors (Lipinski definition) is 2. The van der Waals surface area contributed by atoms with Crippen molar-refractivity contribution in [1.82, 2.24) is 0 Å². The summed E-state index contributed by atoms with van der Waals surface area (Å²) in [6, 6.07) is 4.82. The van der Waals surface area contributed by atoms with E-state index in [-0.39, 0.29) is 16.9 Å². The third kappa shape index (κ3) is 6.02. The van der Waals surface area contributed by atoms with Gasteiger partial charge in [0, 0.05) is 17.7 Å². The van der Waals surface area contributed by atoms with Crippen molar-refractivity contribution in [2.45, 2.75) is 12.2 Å². The van der Waals surface area contributed by atoms with Gasteiger partial charge in [0.15, 0.2) is 0 Å². The number of anilines is 2. The fourth-order valence-corrected chi connectivity index (χ4v) is 3.72. The number of amides is 1. The molecule has 0 aliphatic rings. The number of sulfone groups is 1. The number of nitrogen functional groups attached to an aromatic ring is 1. The second-order valence-corrected chi connectivity index (χ2v) is 8.49. The molecule has 1 atom stereocenters. The minimum Gasteiger partial charge on any atom is -0.399 e. The van der Waals surface area contributed by atoms with Crippen molar-refractivity contribution >= 4 is 50.5 Å². The zero-order chi connectivity index (χ0) is 15.3. The first-order valence-electron chi connectivity index (χ1n) is 5.84. The van der Waals surface area contributed by atoms with Gasteiger partial charge in [-0.05, 0) is 25.1 Å². The Labute approximate surface area is 128 Å². The van der Waals surface area contributed by atoms with Crippen LogP contribution >= 0.6 is 23.4 Å². The van der Waals surface area contributed by atoms with Crippen molar-refractivity contribution in [3.63, 3.8) is 0 Å². The summed E-state index contributed by atoms with van der Waals surface area (Å²) >= 11 is 7.24. The number of nitrogens with two attached hydrogens (primary N) is 1. The minimum atomic E-state index is -3.00. The van der Waals surface area contributed by atoms with Crippen LogP contribution in [0.3, 0.4) is 0 Å². The summed E-state index contributed by atoms with van der Waals surface area (Å²) in [5, 5.41) is 2.69. The quantitative estimate of drug-likeness (QED) is 0.776. The highest BCUT2D eigenvalue weighted by Crippen LogP contribution is 2.25. The molecule has 5 nitrogen and oxygen atoms in total. The Hall–Kier alpha value is -0.920. The summed E-state index contributed by atoms with van der Waals surface area (Å²) in [6.45, 7) is 1.72. The molecule has 0 heterocycles. The van der Waals surface area contributed by atoms with E-state index in [4.69, 9.17) is 17.3 Å². The highest BCUT2D eigenvalue weighted by molar-refractivity contribution is 8.01. The molecule has 1 aromatic carbocycles. The summed E-state index contributed by atoms with van der Waals surface area (Å²) in [6.07, 6.45) is 1.17. The summed E-state index contributed by atoms with van der Waals surface area (Å²) in [7, 11) is -3.00. The molecule has 8 heteroatoms. The van der Waals surface area contributed by atoms with Crippen LogP contribution in [0.15, 0.2) is 18.2 Å². The highest BCUT2D eigenvalue weighted by atomic mass is 35.5. The molecule has 0 fully saturated rings. The molecule has 112 valence electrons. The maximum atomic E-state index is 11.9. The van der Waals surface area contributed by atoms with E-state index < -0.39 is 9.84 Å².